The molecule has 2 aromatic heterocycles. The molecule has 0 radical (unpaired) electrons. The first-order chi connectivity index (χ1) is 14.1. The van der Waals surface area contributed by atoms with Gasteiger partial charge in [-0.25, -0.2) is 9.50 Å². The summed E-state index contributed by atoms with van der Waals surface area (Å²) >= 11 is 0. The smallest absolute Gasteiger partial charge is 0.311 e. The molecule has 0 atom stereocenters. The SMILES string of the molecule is Cc1nc2c3ccccc3nn2c(C)c1CCC(=O)Oc1ccc2c(c1)OCO2. The zero-order valence-electron chi connectivity index (χ0n) is 16.1. The van der Waals surface area contributed by atoms with E-state index in [4.69, 9.17) is 19.2 Å². The van der Waals surface area contributed by atoms with Crippen molar-refractivity contribution in [2.75, 3.05) is 6.79 Å². The molecule has 146 valence electrons. The topological polar surface area (TPSA) is 75.0 Å². The fourth-order valence-corrected chi connectivity index (χ4v) is 3.69. The number of esters is 1. The molecule has 3 heterocycles. The molecule has 0 saturated carbocycles. The first kappa shape index (κ1) is 17.5. The molecule has 4 aromatic rings. The van der Waals surface area contributed by atoms with Crippen molar-refractivity contribution in [2.45, 2.75) is 26.7 Å². The Hall–Kier alpha value is -3.61. The molecule has 0 amide bonds. The highest BCUT2D eigenvalue weighted by Crippen LogP contribution is 2.35. The minimum absolute atomic E-state index is 0.184. The largest absolute Gasteiger partial charge is 0.454 e. The number of carbonyl (C=O) groups excluding carboxylic acids is 1. The Morgan fingerprint density at radius 2 is 1.97 bits per heavy atom. The van der Waals surface area contributed by atoms with Gasteiger partial charge in [0.2, 0.25) is 6.79 Å². The van der Waals surface area contributed by atoms with Gasteiger partial charge in [-0.05, 0) is 50.1 Å². The zero-order valence-corrected chi connectivity index (χ0v) is 16.1. The number of ether oxygens (including phenoxy) is 3. The summed E-state index contributed by atoms with van der Waals surface area (Å²) in [6, 6.07) is 13.0. The van der Waals surface area contributed by atoms with Crippen LogP contribution >= 0.6 is 0 Å². The second-order valence-electron chi connectivity index (χ2n) is 7.00. The van der Waals surface area contributed by atoms with E-state index in [-0.39, 0.29) is 19.2 Å². The van der Waals surface area contributed by atoms with E-state index in [1.807, 2.05) is 42.6 Å². The number of aromatic nitrogens is 3. The predicted molar refractivity (Wildman–Crippen MR) is 106 cm³/mol. The lowest BCUT2D eigenvalue weighted by Gasteiger charge is -2.11. The standard InChI is InChI=1S/C22H19N3O4/c1-13-16(14(2)25-22(23-13)17-5-3-4-6-18(17)24-25)8-10-21(26)29-15-7-9-19-20(11-15)28-12-27-19/h3-7,9,11H,8,10,12H2,1-2H3. The highest BCUT2D eigenvalue weighted by atomic mass is 16.7. The number of carbonyl (C=O) groups is 1. The Labute approximate surface area is 166 Å². The Bertz CT molecular complexity index is 1260. The third kappa shape index (κ3) is 3.04. The molecule has 2 aromatic carbocycles. The van der Waals surface area contributed by atoms with Crippen LogP contribution in [0.3, 0.4) is 0 Å². The molecule has 0 aliphatic carbocycles. The monoisotopic (exact) mass is 389 g/mol. The molecule has 0 fully saturated rings. The molecule has 29 heavy (non-hydrogen) atoms. The summed E-state index contributed by atoms with van der Waals surface area (Å²) in [6.07, 6.45) is 0.768. The predicted octanol–water partition coefficient (Wildman–Crippen LogP) is 3.77. The number of fused-ring (bicyclic) bond motifs is 4. The number of hydrogen-bond acceptors (Lipinski definition) is 6. The van der Waals surface area contributed by atoms with Crippen LogP contribution in [0.4, 0.5) is 0 Å². The summed E-state index contributed by atoms with van der Waals surface area (Å²) < 4.78 is 17.9. The van der Waals surface area contributed by atoms with Gasteiger partial charge in [-0.1, -0.05) is 12.1 Å². The van der Waals surface area contributed by atoms with Gasteiger partial charge in [-0.2, -0.15) is 5.10 Å². The average molecular weight is 389 g/mol. The van der Waals surface area contributed by atoms with E-state index < -0.39 is 0 Å². The molecule has 0 spiro atoms. The van der Waals surface area contributed by atoms with Crippen LogP contribution < -0.4 is 14.2 Å². The van der Waals surface area contributed by atoms with Gasteiger partial charge in [0.25, 0.3) is 0 Å². The van der Waals surface area contributed by atoms with Crippen LogP contribution in [0.15, 0.2) is 42.5 Å². The summed E-state index contributed by atoms with van der Waals surface area (Å²) in [7, 11) is 0. The first-order valence-electron chi connectivity index (χ1n) is 9.44. The number of nitrogens with zero attached hydrogens (tertiary/aromatic N) is 3. The maximum absolute atomic E-state index is 12.4. The van der Waals surface area contributed by atoms with E-state index in [9.17, 15) is 4.79 Å². The van der Waals surface area contributed by atoms with Crippen molar-refractivity contribution in [3.05, 3.63) is 59.4 Å². The highest BCUT2D eigenvalue weighted by Gasteiger charge is 2.17. The zero-order chi connectivity index (χ0) is 20.0. The van der Waals surface area contributed by atoms with Crippen LogP contribution in [0.25, 0.3) is 16.6 Å². The fourth-order valence-electron chi connectivity index (χ4n) is 3.69. The van der Waals surface area contributed by atoms with Crippen LogP contribution in [-0.2, 0) is 11.2 Å². The Morgan fingerprint density at radius 3 is 2.86 bits per heavy atom. The van der Waals surface area contributed by atoms with Crippen LogP contribution in [0.5, 0.6) is 17.2 Å². The summed E-state index contributed by atoms with van der Waals surface area (Å²) in [5.41, 5.74) is 4.63. The quantitative estimate of drug-likeness (QED) is 0.391. The lowest BCUT2D eigenvalue weighted by molar-refractivity contribution is -0.134. The van der Waals surface area contributed by atoms with E-state index in [0.29, 0.717) is 23.7 Å². The maximum Gasteiger partial charge on any atom is 0.311 e. The Morgan fingerprint density at radius 1 is 1.14 bits per heavy atom. The van der Waals surface area contributed by atoms with Gasteiger partial charge >= 0.3 is 5.97 Å². The lowest BCUT2D eigenvalue weighted by atomic mass is 10.1. The molecule has 5 rings (SSSR count). The van der Waals surface area contributed by atoms with Crippen molar-refractivity contribution in [3.8, 4) is 17.2 Å². The molecule has 0 N–H and O–H groups in total. The first-order valence-corrected chi connectivity index (χ1v) is 9.44. The van der Waals surface area contributed by atoms with E-state index in [0.717, 1.165) is 33.5 Å². The maximum atomic E-state index is 12.4. The van der Waals surface area contributed by atoms with Gasteiger partial charge in [0.1, 0.15) is 5.75 Å². The van der Waals surface area contributed by atoms with Crippen LogP contribution in [0.1, 0.15) is 23.4 Å². The van der Waals surface area contributed by atoms with Crippen LogP contribution in [0.2, 0.25) is 0 Å². The van der Waals surface area contributed by atoms with Crippen LogP contribution in [0, 0.1) is 13.8 Å². The molecule has 7 nitrogen and oxygen atoms in total. The van der Waals surface area contributed by atoms with Crippen molar-refractivity contribution in [1.29, 1.82) is 0 Å². The van der Waals surface area contributed by atoms with Gasteiger partial charge in [-0.3, -0.25) is 4.79 Å². The van der Waals surface area contributed by atoms with Gasteiger partial charge in [-0.15, -0.1) is 0 Å². The molecule has 0 bridgehead atoms. The second-order valence-corrected chi connectivity index (χ2v) is 7.00. The Kier molecular flexibility index (Phi) is 4.08. The number of benzene rings is 2. The molecular weight excluding hydrogens is 370 g/mol. The van der Waals surface area contributed by atoms with Crippen LogP contribution in [-0.4, -0.2) is 27.4 Å². The normalized spacial score (nSPS) is 12.6. The third-order valence-electron chi connectivity index (χ3n) is 5.17. The summed E-state index contributed by atoms with van der Waals surface area (Å²) in [6.45, 7) is 4.16. The highest BCUT2D eigenvalue weighted by molar-refractivity contribution is 5.92. The molecule has 7 heteroatoms. The number of hydrogen-bond donors (Lipinski definition) is 0. The number of rotatable bonds is 4. The molecule has 0 unspecified atom stereocenters. The molecule has 0 saturated heterocycles. The van der Waals surface area contributed by atoms with Gasteiger partial charge in [0.05, 0.1) is 11.9 Å². The summed E-state index contributed by atoms with van der Waals surface area (Å²) in [4.78, 5) is 17.1. The average Bonchev–Trinajstić information content (AvgIpc) is 3.32. The second kappa shape index (κ2) is 6.77. The lowest BCUT2D eigenvalue weighted by Crippen LogP contribution is -2.12. The fraction of sp³-hybridized carbons (Fsp3) is 0.227. The van der Waals surface area contributed by atoms with E-state index in [1.165, 1.54) is 0 Å². The van der Waals surface area contributed by atoms with E-state index in [1.54, 1.807) is 18.2 Å². The summed E-state index contributed by atoms with van der Waals surface area (Å²) in [5, 5.41) is 5.68. The van der Waals surface area contributed by atoms with Crippen molar-refractivity contribution < 1.29 is 19.0 Å². The van der Waals surface area contributed by atoms with Crippen molar-refractivity contribution in [2.24, 2.45) is 0 Å². The van der Waals surface area contributed by atoms with Crippen molar-refractivity contribution in [1.82, 2.24) is 14.6 Å². The van der Waals surface area contributed by atoms with Crippen molar-refractivity contribution >= 4 is 22.5 Å². The molecular formula is C22H19N3O4. The molecule has 1 aliphatic heterocycles. The Balaban J connectivity index is 1.36. The molecule has 1 aliphatic rings. The minimum atomic E-state index is -0.312. The number of aryl methyl sites for hydroxylation is 2. The van der Waals surface area contributed by atoms with Crippen molar-refractivity contribution in [3.63, 3.8) is 0 Å². The van der Waals surface area contributed by atoms with Gasteiger partial charge < -0.3 is 14.2 Å². The van der Waals surface area contributed by atoms with Gasteiger partial charge in [0.15, 0.2) is 17.1 Å². The van der Waals surface area contributed by atoms with E-state index >= 15 is 0 Å². The minimum Gasteiger partial charge on any atom is -0.454 e. The summed E-state index contributed by atoms with van der Waals surface area (Å²) in [5.74, 6) is 1.37. The van der Waals surface area contributed by atoms with Gasteiger partial charge in [0, 0.05) is 22.8 Å². The van der Waals surface area contributed by atoms with E-state index in [2.05, 4.69) is 5.10 Å². The third-order valence-corrected chi connectivity index (χ3v) is 5.17.